The predicted molar refractivity (Wildman–Crippen MR) is 114 cm³/mol. The van der Waals surface area contributed by atoms with Gasteiger partial charge in [0.15, 0.2) is 11.5 Å². The number of halogens is 1. The first-order valence-electron chi connectivity index (χ1n) is 8.52. The number of carbonyl (C=O) groups is 1. The zero-order valence-corrected chi connectivity index (χ0v) is 18.1. The Labute approximate surface area is 180 Å². The first-order chi connectivity index (χ1) is 14.0. The maximum Gasteiger partial charge on any atom is 0.342 e. The van der Waals surface area contributed by atoms with Crippen LogP contribution in [-0.4, -0.2) is 33.4 Å². The van der Waals surface area contributed by atoms with Gasteiger partial charge in [-0.25, -0.2) is 9.78 Å². The molecule has 0 radical (unpaired) electrons. The second-order valence-corrected chi connectivity index (χ2v) is 7.79. The molecule has 0 atom stereocenters. The third kappa shape index (κ3) is 5.61. The largest absolute Gasteiger partial charge is 0.493 e. The van der Waals surface area contributed by atoms with E-state index in [4.69, 9.17) is 9.47 Å². The van der Waals surface area contributed by atoms with Crippen LogP contribution >= 0.6 is 27.7 Å². The fourth-order valence-electron chi connectivity index (χ4n) is 2.45. The molecule has 0 spiro atoms. The van der Waals surface area contributed by atoms with Crippen LogP contribution in [0.15, 0.2) is 57.0 Å². The normalized spacial score (nSPS) is 11.3. The number of ether oxygens (including phenoxy) is 2. The molecule has 0 unspecified atom stereocenters. The van der Waals surface area contributed by atoms with Gasteiger partial charge in [0.25, 0.3) is 0 Å². The molecule has 0 aliphatic heterocycles. The van der Waals surface area contributed by atoms with E-state index in [0.29, 0.717) is 39.1 Å². The fourth-order valence-corrected chi connectivity index (χ4v) is 3.77. The van der Waals surface area contributed by atoms with E-state index in [2.05, 4.69) is 31.1 Å². The summed E-state index contributed by atoms with van der Waals surface area (Å²) in [4.78, 5) is 15.9. The quantitative estimate of drug-likeness (QED) is 0.360. The average molecular weight is 476 g/mol. The minimum Gasteiger partial charge on any atom is -0.493 e. The lowest BCUT2D eigenvalue weighted by Gasteiger charge is -2.14. The molecule has 2 N–H and O–H groups in total. The number of aromatic nitrogens is 3. The molecule has 2 aromatic carbocycles. The highest BCUT2D eigenvalue weighted by Crippen LogP contribution is 2.38. The Morgan fingerprint density at radius 2 is 2.07 bits per heavy atom. The Morgan fingerprint density at radius 1 is 1.31 bits per heavy atom. The van der Waals surface area contributed by atoms with Gasteiger partial charge in [0.1, 0.15) is 17.3 Å². The molecule has 0 bridgehead atoms. The van der Waals surface area contributed by atoms with E-state index in [1.807, 2.05) is 30.3 Å². The smallest absolute Gasteiger partial charge is 0.342 e. The molecule has 29 heavy (non-hydrogen) atoms. The van der Waals surface area contributed by atoms with E-state index in [-0.39, 0.29) is 4.91 Å². The molecule has 0 saturated heterocycles. The van der Waals surface area contributed by atoms with E-state index in [9.17, 15) is 9.90 Å². The molecule has 3 aromatic rings. The topological polar surface area (TPSA) is 97.3 Å². The minimum absolute atomic E-state index is 0.0795. The highest BCUT2D eigenvalue weighted by molar-refractivity contribution is 9.10. The number of H-pyrrole nitrogens is 1. The second kappa shape index (κ2) is 9.62. The van der Waals surface area contributed by atoms with Gasteiger partial charge in [-0.05, 0) is 64.0 Å². The predicted octanol–water partition coefficient (Wildman–Crippen LogP) is 4.68. The van der Waals surface area contributed by atoms with E-state index in [1.54, 1.807) is 19.1 Å². The van der Waals surface area contributed by atoms with Crippen molar-refractivity contribution < 1.29 is 19.4 Å². The lowest BCUT2D eigenvalue weighted by Crippen LogP contribution is -2.00. The lowest BCUT2D eigenvalue weighted by molar-refractivity contribution is -0.131. The van der Waals surface area contributed by atoms with Crippen LogP contribution in [0.3, 0.4) is 0 Å². The number of rotatable bonds is 8. The van der Waals surface area contributed by atoms with Gasteiger partial charge in [-0.1, -0.05) is 30.3 Å². The summed E-state index contributed by atoms with van der Waals surface area (Å²) in [6, 6.07) is 13.3. The van der Waals surface area contributed by atoms with Crippen molar-refractivity contribution in [3.63, 3.8) is 0 Å². The van der Waals surface area contributed by atoms with Crippen LogP contribution in [0.4, 0.5) is 0 Å². The first kappa shape index (κ1) is 20.9. The molecular weight excluding hydrogens is 458 g/mol. The van der Waals surface area contributed by atoms with Crippen molar-refractivity contribution in [3.8, 4) is 11.5 Å². The molecular formula is C20H18BrN3O4S. The van der Waals surface area contributed by atoms with Crippen molar-refractivity contribution >= 4 is 39.7 Å². The minimum atomic E-state index is -1.07. The Kier molecular flexibility index (Phi) is 6.95. The van der Waals surface area contributed by atoms with E-state index in [1.165, 1.54) is 13.2 Å². The molecule has 0 aliphatic carbocycles. The van der Waals surface area contributed by atoms with Gasteiger partial charge in [0.05, 0.1) is 11.6 Å². The molecule has 150 valence electrons. The lowest BCUT2D eigenvalue weighted by atomic mass is 10.2. The van der Waals surface area contributed by atoms with E-state index < -0.39 is 5.97 Å². The summed E-state index contributed by atoms with van der Waals surface area (Å²) < 4.78 is 12.0. The van der Waals surface area contributed by atoms with Gasteiger partial charge < -0.3 is 14.6 Å². The Morgan fingerprint density at radius 3 is 2.69 bits per heavy atom. The number of benzene rings is 2. The van der Waals surface area contributed by atoms with Crippen molar-refractivity contribution in [1.82, 2.24) is 15.2 Å². The third-order valence-electron chi connectivity index (χ3n) is 3.76. The molecule has 0 saturated carbocycles. The van der Waals surface area contributed by atoms with Crippen LogP contribution in [-0.2, 0) is 11.4 Å². The summed E-state index contributed by atoms with van der Waals surface area (Å²) in [6.07, 6.45) is 1.53. The summed E-state index contributed by atoms with van der Waals surface area (Å²) in [5.41, 5.74) is 1.66. The Hall–Kier alpha value is -2.78. The van der Waals surface area contributed by atoms with Gasteiger partial charge in [0, 0.05) is 0 Å². The number of methoxy groups -OCH3 is 1. The van der Waals surface area contributed by atoms with Crippen LogP contribution in [0.25, 0.3) is 6.08 Å². The molecule has 1 heterocycles. The fraction of sp³-hybridized carbons (Fsp3) is 0.150. The van der Waals surface area contributed by atoms with Crippen LogP contribution < -0.4 is 9.47 Å². The number of aromatic amines is 1. The summed E-state index contributed by atoms with van der Waals surface area (Å²) in [5.74, 6) is 0.575. The van der Waals surface area contributed by atoms with Crippen molar-refractivity contribution in [3.05, 3.63) is 68.8 Å². The Bertz CT molecular complexity index is 1040. The molecule has 9 heteroatoms. The van der Waals surface area contributed by atoms with Crippen LogP contribution in [0.2, 0.25) is 0 Å². The standard InChI is InChI=1S/C20H18BrN3O4S/c1-12-22-20(24-23-12)29-17(19(25)26)10-14-8-15(21)18(16(9-14)27-2)28-11-13-6-4-3-5-7-13/h3-10H,11H2,1-2H3,(H,25,26)(H,22,23,24)/b17-10-. The third-order valence-corrected chi connectivity index (χ3v) is 5.23. The van der Waals surface area contributed by atoms with Gasteiger partial charge >= 0.3 is 5.97 Å². The molecule has 1 aromatic heterocycles. The maximum absolute atomic E-state index is 11.7. The summed E-state index contributed by atoms with van der Waals surface area (Å²) in [6.45, 7) is 2.13. The number of nitrogens with zero attached hydrogens (tertiary/aromatic N) is 2. The summed E-state index contributed by atoms with van der Waals surface area (Å²) >= 11 is 4.46. The van der Waals surface area contributed by atoms with Gasteiger partial charge in [-0.2, -0.15) is 0 Å². The highest BCUT2D eigenvalue weighted by atomic mass is 79.9. The maximum atomic E-state index is 11.7. The number of nitrogens with one attached hydrogen (secondary N) is 1. The number of carboxylic acid groups (broad SMARTS) is 1. The van der Waals surface area contributed by atoms with E-state index in [0.717, 1.165) is 17.3 Å². The van der Waals surface area contributed by atoms with Gasteiger partial charge in [0.2, 0.25) is 5.16 Å². The average Bonchev–Trinajstić information content (AvgIpc) is 3.11. The summed E-state index contributed by atoms with van der Waals surface area (Å²) in [5, 5.41) is 16.5. The van der Waals surface area contributed by atoms with Crippen molar-refractivity contribution in [2.45, 2.75) is 18.7 Å². The van der Waals surface area contributed by atoms with Crippen molar-refractivity contribution in [2.75, 3.05) is 7.11 Å². The number of carboxylic acids is 1. The molecule has 0 aliphatic rings. The number of aliphatic carboxylic acids is 1. The molecule has 0 fully saturated rings. The zero-order chi connectivity index (χ0) is 20.8. The highest BCUT2D eigenvalue weighted by Gasteiger charge is 2.16. The van der Waals surface area contributed by atoms with Crippen LogP contribution in [0.1, 0.15) is 17.0 Å². The summed E-state index contributed by atoms with van der Waals surface area (Å²) in [7, 11) is 1.54. The van der Waals surface area contributed by atoms with Crippen molar-refractivity contribution in [1.29, 1.82) is 0 Å². The van der Waals surface area contributed by atoms with Crippen LogP contribution in [0.5, 0.6) is 11.5 Å². The number of aryl methyl sites for hydroxylation is 1. The van der Waals surface area contributed by atoms with Crippen molar-refractivity contribution in [2.24, 2.45) is 0 Å². The number of hydrogen-bond acceptors (Lipinski definition) is 6. The number of hydrogen-bond donors (Lipinski definition) is 2. The molecule has 0 amide bonds. The van der Waals surface area contributed by atoms with Gasteiger partial charge in [-0.15, -0.1) is 5.10 Å². The molecule has 3 rings (SSSR count). The van der Waals surface area contributed by atoms with Crippen LogP contribution in [0, 0.1) is 6.92 Å². The Balaban J connectivity index is 1.86. The first-order valence-corrected chi connectivity index (χ1v) is 10.1. The monoisotopic (exact) mass is 475 g/mol. The zero-order valence-electron chi connectivity index (χ0n) is 15.7. The van der Waals surface area contributed by atoms with E-state index >= 15 is 0 Å². The van der Waals surface area contributed by atoms with Gasteiger partial charge in [-0.3, -0.25) is 5.10 Å². The SMILES string of the molecule is COc1cc(/C=C(\Sc2n[nH]c(C)n2)C(=O)O)cc(Br)c1OCc1ccccc1. The molecule has 7 nitrogen and oxygen atoms in total. The number of thioether (sulfide) groups is 1. The second-order valence-electron chi connectivity index (χ2n) is 5.93.